The Balaban J connectivity index is 2.13. The van der Waals surface area contributed by atoms with Gasteiger partial charge in [0.1, 0.15) is 16.4 Å². The lowest BCUT2D eigenvalue weighted by molar-refractivity contribution is -0.126. The van der Waals surface area contributed by atoms with E-state index in [1.54, 1.807) is 12.1 Å². The Labute approximate surface area is 162 Å². The highest BCUT2D eigenvalue weighted by Crippen LogP contribution is 2.32. The minimum atomic E-state index is -3.78. The van der Waals surface area contributed by atoms with Crippen LogP contribution >= 0.6 is 0 Å². The van der Waals surface area contributed by atoms with Crippen LogP contribution in [0.1, 0.15) is 39.0 Å². The fourth-order valence-corrected chi connectivity index (χ4v) is 4.92. The van der Waals surface area contributed by atoms with Gasteiger partial charge in [0.2, 0.25) is 15.9 Å². The maximum Gasteiger partial charge on any atom is 0.246 e. The van der Waals surface area contributed by atoms with Gasteiger partial charge < -0.3 is 14.8 Å². The van der Waals surface area contributed by atoms with Crippen LogP contribution in [0.3, 0.4) is 0 Å². The van der Waals surface area contributed by atoms with Gasteiger partial charge in [-0.25, -0.2) is 8.42 Å². The molecule has 152 valence electrons. The van der Waals surface area contributed by atoms with Crippen molar-refractivity contribution in [1.29, 1.82) is 0 Å². The van der Waals surface area contributed by atoms with Gasteiger partial charge in [-0.2, -0.15) is 4.31 Å². The molecule has 2 rings (SSSR count). The topological polar surface area (TPSA) is 84.9 Å². The van der Waals surface area contributed by atoms with E-state index in [-0.39, 0.29) is 29.0 Å². The summed E-state index contributed by atoms with van der Waals surface area (Å²) in [4.78, 5) is 12.5. The van der Waals surface area contributed by atoms with Gasteiger partial charge in [-0.3, -0.25) is 4.79 Å². The number of nitrogens with one attached hydrogen (secondary N) is 1. The number of benzene rings is 1. The summed E-state index contributed by atoms with van der Waals surface area (Å²) >= 11 is 0. The fraction of sp³-hybridized carbons (Fsp3) is 0.632. The van der Waals surface area contributed by atoms with Crippen LogP contribution in [0.25, 0.3) is 0 Å². The Bertz CT molecular complexity index is 736. The standard InChI is InChI=1S/C19H30N2O5S/c1-4-5-6-11-20-19(22)15-8-7-12-21(14-15)27(23,24)18-13-16(25-2)9-10-17(18)26-3/h9-10,13,15H,4-8,11-12,14H2,1-3H3,(H,20,22)/t15-/m0/s1. The highest BCUT2D eigenvalue weighted by molar-refractivity contribution is 7.89. The van der Waals surface area contributed by atoms with Crippen LogP contribution in [0, 0.1) is 5.92 Å². The first-order valence-corrected chi connectivity index (χ1v) is 10.9. The van der Waals surface area contributed by atoms with Gasteiger partial charge in [-0.1, -0.05) is 19.8 Å². The number of piperidine rings is 1. The molecule has 1 aliphatic rings. The molecule has 0 aliphatic carbocycles. The van der Waals surface area contributed by atoms with Crippen molar-refractivity contribution < 1.29 is 22.7 Å². The summed E-state index contributed by atoms with van der Waals surface area (Å²) < 4.78 is 38.1. The summed E-state index contributed by atoms with van der Waals surface area (Å²) in [5.41, 5.74) is 0. The van der Waals surface area contributed by atoms with Crippen molar-refractivity contribution in [3.05, 3.63) is 18.2 Å². The normalized spacial score (nSPS) is 18.1. The molecule has 7 nitrogen and oxygen atoms in total. The molecular weight excluding hydrogens is 368 g/mol. The van der Waals surface area contributed by atoms with E-state index in [4.69, 9.17) is 9.47 Å². The molecule has 1 saturated heterocycles. The van der Waals surface area contributed by atoms with Gasteiger partial charge in [-0.05, 0) is 31.4 Å². The van der Waals surface area contributed by atoms with E-state index in [0.717, 1.165) is 19.3 Å². The van der Waals surface area contributed by atoms with Crippen molar-refractivity contribution in [2.24, 2.45) is 5.92 Å². The number of nitrogens with zero attached hydrogens (tertiary/aromatic N) is 1. The van der Waals surface area contributed by atoms with Crippen molar-refractivity contribution in [2.75, 3.05) is 33.9 Å². The van der Waals surface area contributed by atoms with Crippen LogP contribution in [-0.2, 0) is 14.8 Å². The van der Waals surface area contributed by atoms with Crippen molar-refractivity contribution in [3.8, 4) is 11.5 Å². The number of amides is 1. The summed E-state index contributed by atoms with van der Waals surface area (Å²) in [6.07, 6.45) is 4.45. The molecule has 0 unspecified atom stereocenters. The van der Waals surface area contributed by atoms with E-state index >= 15 is 0 Å². The first-order valence-electron chi connectivity index (χ1n) is 9.44. The number of carbonyl (C=O) groups excluding carboxylic acids is 1. The zero-order valence-electron chi connectivity index (χ0n) is 16.4. The molecule has 1 fully saturated rings. The quantitative estimate of drug-likeness (QED) is 0.646. The van der Waals surface area contributed by atoms with Gasteiger partial charge in [0.15, 0.2) is 0 Å². The molecule has 1 N–H and O–H groups in total. The number of carbonyl (C=O) groups is 1. The highest BCUT2D eigenvalue weighted by atomic mass is 32.2. The number of hydrogen-bond donors (Lipinski definition) is 1. The third-order valence-corrected chi connectivity index (χ3v) is 6.71. The molecule has 1 aromatic carbocycles. The third-order valence-electron chi connectivity index (χ3n) is 4.82. The smallest absolute Gasteiger partial charge is 0.246 e. The molecule has 1 aromatic rings. The molecule has 1 amide bonds. The molecule has 1 aliphatic heterocycles. The molecule has 1 atom stereocenters. The molecule has 8 heteroatoms. The van der Waals surface area contributed by atoms with Gasteiger partial charge in [0.05, 0.1) is 20.1 Å². The molecule has 27 heavy (non-hydrogen) atoms. The largest absolute Gasteiger partial charge is 0.497 e. The van der Waals surface area contributed by atoms with E-state index in [9.17, 15) is 13.2 Å². The van der Waals surface area contributed by atoms with Crippen LogP contribution < -0.4 is 14.8 Å². The Kier molecular flexibility index (Phi) is 7.91. The zero-order chi connectivity index (χ0) is 19.9. The summed E-state index contributed by atoms with van der Waals surface area (Å²) in [6, 6.07) is 4.69. The van der Waals surface area contributed by atoms with Crippen molar-refractivity contribution >= 4 is 15.9 Å². The van der Waals surface area contributed by atoms with E-state index in [1.165, 1.54) is 24.6 Å². The third kappa shape index (κ3) is 5.35. The Morgan fingerprint density at radius 3 is 2.70 bits per heavy atom. The number of ether oxygens (including phenoxy) is 2. The predicted molar refractivity (Wildman–Crippen MR) is 104 cm³/mol. The van der Waals surface area contributed by atoms with Crippen LogP contribution in [0.5, 0.6) is 11.5 Å². The summed E-state index contributed by atoms with van der Waals surface area (Å²) in [6.45, 7) is 3.32. The number of hydrogen-bond acceptors (Lipinski definition) is 5. The minimum Gasteiger partial charge on any atom is -0.497 e. The minimum absolute atomic E-state index is 0.0633. The van der Waals surface area contributed by atoms with Crippen molar-refractivity contribution in [3.63, 3.8) is 0 Å². The maximum atomic E-state index is 13.2. The second-order valence-electron chi connectivity index (χ2n) is 6.72. The first-order chi connectivity index (χ1) is 12.9. The average Bonchev–Trinajstić information content (AvgIpc) is 2.70. The van der Waals surface area contributed by atoms with Gasteiger partial charge in [0, 0.05) is 25.7 Å². The molecule has 0 radical (unpaired) electrons. The van der Waals surface area contributed by atoms with E-state index < -0.39 is 10.0 Å². The average molecular weight is 399 g/mol. The second-order valence-corrected chi connectivity index (χ2v) is 8.62. The van der Waals surface area contributed by atoms with Gasteiger partial charge in [-0.15, -0.1) is 0 Å². The van der Waals surface area contributed by atoms with Crippen molar-refractivity contribution in [2.45, 2.75) is 43.9 Å². The van der Waals surface area contributed by atoms with Crippen LogP contribution in [-0.4, -0.2) is 52.5 Å². The first kappa shape index (κ1) is 21.5. The number of methoxy groups -OCH3 is 2. The molecule has 0 aromatic heterocycles. The highest BCUT2D eigenvalue weighted by Gasteiger charge is 2.35. The SMILES string of the molecule is CCCCCNC(=O)[C@H]1CCCN(S(=O)(=O)c2cc(OC)ccc2OC)C1. The molecule has 1 heterocycles. The van der Waals surface area contributed by atoms with Crippen LogP contribution in [0.15, 0.2) is 23.1 Å². The number of sulfonamides is 1. The monoisotopic (exact) mass is 398 g/mol. The fourth-order valence-electron chi connectivity index (χ4n) is 3.23. The molecule has 0 spiro atoms. The summed E-state index contributed by atoms with van der Waals surface area (Å²) in [5, 5.41) is 2.93. The Morgan fingerprint density at radius 1 is 1.26 bits per heavy atom. The summed E-state index contributed by atoms with van der Waals surface area (Å²) in [5.74, 6) is 0.314. The number of unbranched alkanes of at least 4 members (excludes halogenated alkanes) is 2. The molecular formula is C19H30N2O5S. The molecule has 0 bridgehead atoms. The zero-order valence-corrected chi connectivity index (χ0v) is 17.2. The lowest BCUT2D eigenvalue weighted by atomic mass is 9.99. The van der Waals surface area contributed by atoms with E-state index in [0.29, 0.717) is 31.7 Å². The van der Waals surface area contributed by atoms with E-state index in [2.05, 4.69) is 12.2 Å². The van der Waals surface area contributed by atoms with Gasteiger partial charge >= 0.3 is 0 Å². The second kappa shape index (κ2) is 9.94. The predicted octanol–water partition coefficient (Wildman–Crippen LogP) is 2.41. The van der Waals surface area contributed by atoms with Crippen LogP contribution in [0.4, 0.5) is 0 Å². The van der Waals surface area contributed by atoms with E-state index in [1.807, 2.05) is 0 Å². The molecule has 0 saturated carbocycles. The van der Waals surface area contributed by atoms with Gasteiger partial charge in [0.25, 0.3) is 0 Å². The van der Waals surface area contributed by atoms with Crippen molar-refractivity contribution in [1.82, 2.24) is 9.62 Å². The summed E-state index contributed by atoms with van der Waals surface area (Å²) in [7, 11) is -0.866. The number of rotatable bonds is 9. The lowest BCUT2D eigenvalue weighted by Gasteiger charge is -2.31. The van der Waals surface area contributed by atoms with Crippen LogP contribution in [0.2, 0.25) is 0 Å². The maximum absolute atomic E-state index is 13.2. The lowest BCUT2D eigenvalue weighted by Crippen LogP contribution is -2.45. The Morgan fingerprint density at radius 2 is 2.04 bits per heavy atom. The Hall–Kier alpha value is -1.80.